The second kappa shape index (κ2) is 9.48. The Balaban J connectivity index is 1.79. The summed E-state index contributed by atoms with van der Waals surface area (Å²) in [5.74, 6) is 0.442. The maximum absolute atomic E-state index is 13.7. The van der Waals surface area contributed by atoms with Crippen molar-refractivity contribution in [2.24, 2.45) is 0 Å². The zero-order valence-electron chi connectivity index (χ0n) is 18.4. The number of alkyl halides is 3. The smallest absolute Gasteiger partial charge is 0.385 e. The van der Waals surface area contributed by atoms with Crippen molar-refractivity contribution in [3.05, 3.63) is 84.1 Å². The third-order valence-corrected chi connectivity index (χ3v) is 5.44. The Kier molecular flexibility index (Phi) is 6.49. The summed E-state index contributed by atoms with van der Waals surface area (Å²) < 4.78 is 41.0. The summed E-state index contributed by atoms with van der Waals surface area (Å²) in [6.45, 7) is 4.94. The third kappa shape index (κ3) is 4.92. The van der Waals surface area contributed by atoms with Crippen molar-refractivity contribution in [1.29, 1.82) is 0 Å². The number of nitrogens with one attached hydrogen (secondary N) is 2. The molecule has 0 saturated heterocycles. The molecular weight excluding hydrogens is 425 g/mol. The van der Waals surface area contributed by atoms with Gasteiger partial charge in [-0.05, 0) is 43.2 Å². The minimum Gasteiger partial charge on any atom is -0.385 e. The summed E-state index contributed by atoms with van der Waals surface area (Å²) in [7, 11) is 0. The molecule has 0 aliphatic heterocycles. The Morgan fingerprint density at radius 3 is 2.52 bits per heavy atom. The molecule has 4 aromatic rings. The molecule has 0 amide bonds. The standard InChI is InChI=1S/C26H25F3N4/c1-3-14-30-22-13-7-5-10-19(22)17(2)32-25-24-18(9-8-15-31-24)16-23(33-25)20-11-4-6-12-21(20)26(27,28)29/h4-13,15-17,30H,3,14H2,1-2H3,(H,32,33). The fourth-order valence-corrected chi connectivity index (χ4v) is 3.86. The van der Waals surface area contributed by atoms with Gasteiger partial charge in [0.2, 0.25) is 0 Å². The molecule has 4 rings (SSSR count). The summed E-state index contributed by atoms with van der Waals surface area (Å²) in [6.07, 6.45) is -1.83. The largest absolute Gasteiger partial charge is 0.417 e. The minimum atomic E-state index is -4.48. The van der Waals surface area contributed by atoms with Crippen molar-refractivity contribution in [2.45, 2.75) is 32.5 Å². The van der Waals surface area contributed by atoms with Gasteiger partial charge in [0.1, 0.15) is 5.52 Å². The Morgan fingerprint density at radius 2 is 1.73 bits per heavy atom. The predicted molar refractivity (Wildman–Crippen MR) is 127 cm³/mol. The van der Waals surface area contributed by atoms with E-state index in [2.05, 4.69) is 27.5 Å². The van der Waals surface area contributed by atoms with Crippen molar-refractivity contribution in [2.75, 3.05) is 17.2 Å². The molecule has 33 heavy (non-hydrogen) atoms. The molecule has 0 fully saturated rings. The zero-order valence-corrected chi connectivity index (χ0v) is 18.4. The number of nitrogens with zero attached hydrogens (tertiary/aromatic N) is 2. The molecule has 7 heteroatoms. The van der Waals surface area contributed by atoms with Gasteiger partial charge in [0.25, 0.3) is 0 Å². The molecule has 2 aromatic heterocycles. The van der Waals surface area contributed by atoms with Gasteiger partial charge in [0, 0.05) is 29.4 Å². The van der Waals surface area contributed by atoms with Gasteiger partial charge in [-0.3, -0.25) is 4.98 Å². The van der Waals surface area contributed by atoms with E-state index in [4.69, 9.17) is 0 Å². The number of fused-ring (bicyclic) bond motifs is 1. The number of benzene rings is 2. The molecule has 1 unspecified atom stereocenters. The predicted octanol–water partition coefficient (Wildman–Crippen LogP) is 7.31. The maximum atomic E-state index is 13.7. The SMILES string of the molecule is CCCNc1ccccc1C(C)Nc1nc(-c2ccccc2C(F)(F)F)cc2cccnc12. The molecular formula is C26H25F3N4. The first-order valence-corrected chi connectivity index (χ1v) is 10.9. The quantitative estimate of drug-likeness (QED) is 0.310. The van der Waals surface area contributed by atoms with Gasteiger partial charge < -0.3 is 10.6 Å². The molecule has 0 spiro atoms. The normalized spacial score (nSPS) is 12.5. The highest BCUT2D eigenvalue weighted by Crippen LogP contribution is 2.38. The van der Waals surface area contributed by atoms with E-state index in [0.29, 0.717) is 16.7 Å². The zero-order chi connectivity index (χ0) is 23.4. The number of pyridine rings is 2. The Bertz CT molecular complexity index is 1250. The topological polar surface area (TPSA) is 49.8 Å². The number of hydrogen-bond acceptors (Lipinski definition) is 4. The van der Waals surface area contributed by atoms with Crippen LogP contribution in [0.1, 0.15) is 37.4 Å². The molecule has 2 aromatic carbocycles. The lowest BCUT2D eigenvalue weighted by molar-refractivity contribution is -0.137. The highest BCUT2D eigenvalue weighted by molar-refractivity contribution is 5.91. The lowest BCUT2D eigenvalue weighted by Gasteiger charge is -2.21. The van der Waals surface area contributed by atoms with Crippen LogP contribution in [-0.2, 0) is 6.18 Å². The van der Waals surface area contributed by atoms with Crippen LogP contribution in [0.2, 0.25) is 0 Å². The van der Waals surface area contributed by atoms with Crippen LogP contribution in [0.15, 0.2) is 72.9 Å². The van der Waals surface area contributed by atoms with Gasteiger partial charge >= 0.3 is 6.18 Å². The summed E-state index contributed by atoms with van der Waals surface area (Å²) in [5, 5.41) is 7.53. The average molecular weight is 451 g/mol. The second-order valence-corrected chi connectivity index (χ2v) is 7.85. The number of para-hydroxylation sites is 1. The van der Waals surface area contributed by atoms with E-state index in [0.717, 1.165) is 30.3 Å². The van der Waals surface area contributed by atoms with Crippen LogP contribution in [-0.4, -0.2) is 16.5 Å². The number of aromatic nitrogens is 2. The number of rotatable bonds is 7. The van der Waals surface area contributed by atoms with Crippen molar-refractivity contribution < 1.29 is 13.2 Å². The molecule has 0 bridgehead atoms. The molecule has 0 aliphatic carbocycles. The Labute approximate surface area is 190 Å². The van der Waals surface area contributed by atoms with Gasteiger partial charge in [-0.2, -0.15) is 13.2 Å². The summed E-state index contributed by atoms with van der Waals surface area (Å²) >= 11 is 0. The van der Waals surface area contributed by atoms with Crippen LogP contribution in [0.3, 0.4) is 0 Å². The molecule has 170 valence electrons. The van der Waals surface area contributed by atoms with E-state index in [1.807, 2.05) is 37.3 Å². The van der Waals surface area contributed by atoms with Gasteiger partial charge in [-0.25, -0.2) is 4.98 Å². The summed E-state index contributed by atoms with van der Waals surface area (Å²) in [4.78, 5) is 9.05. The van der Waals surface area contributed by atoms with Crippen molar-refractivity contribution >= 4 is 22.4 Å². The maximum Gasteiger partial charge on any atom is 0.417 e. The van der Waals surface area contributed by atoms with E-state index < -0.39 is 11.7 Å². The van der Waals surface area contributed by atoms with E-state index in [9.17, 15) is 13.2 Å². The Hall–Kier alpha value is -3.61. The minimum absolute atomic E-state index is 0.0384. The molecule has 0 saturated carbocycles. The van der Waals surface area contributed by atoms with Crippen molar-refractivity contribution in [3.8, 4) is 11.3 Å². The molecule has 2 N–H and O–H groups in total. The lowest BCUT2D eigenvalue weighted by Crippen LogP contribution is -2.13. The number of anilines is 2. The average Bonchev–Trinajstić information content (AvgIpc) is 2.82. The van der Waals surface area contributed by atoms with E-state index in [1.54, 1.807) is 24.4 Å². The van der Waals surface area contributed by atoms with Crippen molar-refractivity contribution in [3.63, 3.8) is 0 Å². The molecule has 2 heterocycles. The number of halogens is 3. The molecule has 0 aliphatic rings. The van der Waals surface area contributed by atoms with Crippen LogP contribution < -0.4 is 10.6 Å². The summed E-state index contributed by atoms with van der Waals surface area (Å²) in [5.41, 5.74) is 2.23. The van der Waals surface area contributed by atoms with Crippen LogP contribution in [0, 0.1) is 0 Å². The molecule has 1 atom stereocenters. The summed E-state index contributed by atoms with van der Waals surface area (Å²) in [6, 6.07) is 18.6. The van der Waals surface area contributed by atoms with Gasteiger partial charge in [0.05, 0.1) is 17.3 Å². The fourth-order valence-electron chi connectivity index (χ4n) is 3.86. The second-order valence-electron chi connectivity index (χ2n) is 7.85. The highest BCUT2D eigenvalue weighted by Gasteiger charge is 2.33. The Morgan fingerprint density at radius 1 is 0.970 bits per heavy atom. The fraction of sp³-hybridized carbons (Fsp3) is 0.231. The monoisotopic (exact) mass is 450 g/mol. The van der Waals surface area contributed by atoms with Crippen LogP contribution in [0.25, 0.3) is 22.2 Å². The number of hydrogen-bond donors (Lipinski definition) is 2. The third-order valence-electron chi connectivity index (χ3n) is 5.44. The van der Waals surface area contributed by atoms with Crippen LogP contribution >= 0.6 is 0 Å². The first-order valence-electron chi connectivity index (χ1n) is 10.9. The van der Waals surface area contributed by atoms with Gasteiger partial charge in [-0.15, -0.1) is 0 Å². The first-order chi connectivity index (χ1) is 15.9. The van der Waals surface area contributed by atoms with Crippen molar-refractivity contribution in [1.82, 2.24) is 9.97 Å². The van der Waals surface area contributed by atoms with E-state index >= 15 is 0 Å². The van der Waals surface area contributed by atoms with Crippen LogP contribution in [0.5, 0.6) is 0 Å². The van der Waals surface area contributed by atoms with Gasteiger partial charge in [0.15, 0.2) is 5.82 Å². The van der Waals surface area contributed by atoms with E-state index in [1.165, 1.54) is 12.1 Å². The molecule has 0 radical (unpaired) electrons. The molecule has 4 nitrogen and oxygen atoms in total. The first kappa shape index (κ1) is 22.6. The highest BCUT2D eigenvalue weighted by atomic mass is 19.4. The lowest BCUT2D eigenvalue weighted by atomic mass is 10.0. The van der Waals surface area contributed by atoms with Crippen LogP contribution in [0.4, 0.5) is 24.7 Å². The van der Waals surface area contributed by atoms with E-state index in [-0.39, 0.29) is 17.3 Å². The van der Waals surface area contributed by atoms with Gasteiger partial charge in [-0.1, -0.05) is 49.4 Å².